The standard InChI is InChI=1S/C75H139NO13/c1-3-5-7-9-11-13-15-17-19-21-23-25-27-28-29-30-31-32-33-34-35-37-38-40-42-44-46-48-50-52-54-56-58-64(79)63(62-86-74-72(85)70(83)73(66(61-78)88-74)89-75-71(84)69(82)68(81)65(60-77)87-75)76-67(80)59-57-55-53-51-49-47-45-43-41-39-36-26-24-22-20-18-16-14-12-10-8-6-4-2/h6,8,12,14,18,20,24,26,63-66,68-75,77-79,81-85H,3-5,7,9-11,13,15-17,19,21-23,25,27-62H2,1-2H3,(H,76,80)/b8-6-,14-12-,20-18-,26-24-. The van der Waals surface area contributed by atoms with Crippen LogP contribution in [-0.2, 0) is 23.7 Å². The minimum Gasteiger partial charge on any atom is -0.394 e. The lowest BCUT2D eigenvalue weighted by molar-refractivity contribution is -0.359. The van der Waals surface area contributed by atoms with Crippen LogP contribution in [0.3, 0.4) is 0 Å². The van der Waals surface area contributed by atoms with Crippen LogP contribution < -0.4 is 5.32 Å². The van der Waals surface area contributed by atoms with Crippen LogP contribution in [-0.4, -0.2) is 140 Å². The molecule has 12 unspecified atom stereocenters. The molecule has 89 heavy (non-hydrogen) atoms. The number of rotatable bonds is 62. The topological polar surface area (TPSA) is 228 Å². The van der Waals surface area contributed by atoms with E-state index in [0.29, 0.717) is 12.8 Å². The van der Waals surface area contributed by atoms with Gasteiger partial charge in [0.05, 0.1) is 32.0 Å². The monoisotopic (exact) mass is 1260 g/mol. The highest BCUT2D eigenvalue weighted by molar-refractivity contribution is 5.76. The third-order valence-corrected chi connectivity index (χ3v) is 18.3. The second kappa shape index (κ2) is 59.7. The van der Waals surface area contributed by atoms with E-state index >= 15 is 0 Å². The molecule has 2 aliphatic rings. The number of ether oxygens (including phenoxy) is 4. The van der Waals surface area contributed by atoms with Gasteiger partial charge < -0.3 is 65.1 Å². The Balaban J connectivity index is 1.63. The lowest BCUT2D eigenvalue weighted by Crippen LogP contribution is -2.65. The van der Waals surface area contributed by atoms with E-state index in [0.717, 1.165) is 83.5 Å². The van der Waals surface area contributed by atoms with Gasteiger partial charge in [-0.2, -0.15) is 0 Å². The largest absolute Gasteiger partial charge is 0.394 e. The van der Waals surface area contributed by atoms with Crippen molar-refractivity contribution in [2.24, 2.45) is 0 Å². The van der Waals surface area contributed by atoms with Gasteiger partial charge >= 0.3 is 0 Å². The maximum absolute atomic E-state index is 13.4. The number of aliphatic hydroxyl groups is 8. The number of hydrogen-bond acceptors (Lipinski definition) is 13. The van der Waals surface area contributed by atoms with E-state index in [1.165, 1.54) is 218 Å². The van der Waals surface area contributed by atoms with E-state index in [4.69, 9.17) is 18.9 Å². The first-order valence-electron chi connectivity index (χ1n) is 37.4. The number of nitrogens with one attached hydrogen (secondary N) is 1. The lowest BCUT2D eigenvalue weighted by Gasteiger charge is -2.46. The third-order valence-electron chi connectivity index (χ3n) is 18.3. The first-order chi connectivity index (χ1) is 43.6. The molecule has 2 fully saturated rings. The predicted octanol–water partition coefficient (Wildman–Crippen LogP) is 15.9. The molecule has 2 rings (SSSR count). The van der Waals surface area contributed by atoms with Gasteiger partial charge in [0.2, 0.25) is 5.91 Å². The maximum atomic E-state index is 13.4. The highest BCUT2D eigenvalue weighted by Gasteiger charge is 2.51. The average molecular weight is 1260 g/mol. The van der Waals surface area contributed by atoms with Gasteiger partial charge in [0, 0.05) is 6.42 Å². The van der Waals surface area contributed by atoms with Gasteiger partial charge in [0.25, 0.3) is 0 Å². The van der Waals surface area contributed by atoms with Gasteiger partial charge in [0.1, 0.15) is 48.8 Å². The normalized spacial score (nSPS) is 23.3. The number of aliphatic hydroxyl groups excluding tert-OH is 8. The predicted molar refractivity (Wildman–Crippen MR) is 364 cm³/mol. The summed E-state index contributed by atoms with van der Waals surface area (Å²) >= 11 is 0. The Bertz CT molecular complexity index is 1680. The van der Waals surface area contributed by atoms with Crippen LogP contribution in [0.1, 0.15) is 328 Å². The summed E-state index contributed by atoms with van der Waals surface area (Å²) in [7, 11) is 0. The number of carbonyl (C=O) groups is 1. The van der Waals surface area contributed by atoms with Crippen molar-refractivity contribution >= 4 is 5.91 Å². The second-order valence-corrected chi connectivity index (χ2v) is 26.4. The molecule has 0 radical (unpaired) electrons. The van der Waals surface area contributed by atoms with Crippen molar-refractivity contribution in [3.63, 3.8) is 0 Å². The van der Waals surface area contributed by atoms with Gasteiger partial charge in [-0.15, -0.1) is 0 Å². The van der Waals surface area contributed by atoms with Gasteiger partial charge in [-0.25, -0.2) is 0 Å². The van der Waals surface area contributed by atoms with Crippen molar-refractivity contribution in [3.05, 3.63) is 48.6 Å². The number of hydrogen-bond donors (Lipinski definition) is 9. The fourth-order valence-electron chi connectivity index (χ4n) is 12.4. The molecule has 0 bridgehead atoms. The Morgan fingerprint density at radius 3 is 1.19 bits per heavy atom. The molecule has 12 atom stereocenters. The van der Waals surface area contributed by atoms with Crippen LogP contribution in [0, 0.1) is 0 Å². The first-order valence-corrected chi connectivity index (χ1v) is 37.4. The van der Waals surface area contributed by atoms with Crippen molar-refractivity contribution in [1.29, 1.82) is 0 Å². The van der Waals surface area contributed by atoms with E-state index in [-0.39, 0.29) is 12.5 Å². The minimum absolute atomic E-state index is 0.208. The van der Waals surface area contributed by atoms with E-state index in [1.54, 1.807) is 0 Å². The fraction of sp³-hybridized carbons (Fsp3) is 0.880. The van der Waals surface area contributed by atoms with Crippen LogP contribution in [0.5, 0.6) is 0 Å². The third kappa shape index (κ3) is 43.5. The van der Waals surface area contributed by atoms with Crippen LogP contribution in [0.15, 0.2) is 48.6 Å². The summed E-state index contributed by atoms with van der Waals surface area (Å²) in [6.07, 6.45) is 61.4. The number of carbonyl (C=O) groups excluding carboxylic acids is 1. The molecule has 14 heteroatoms. The molecular formula is C75H139NO13. The summed E-state index contributed by atoms with van der Waals surface area (Å²) in [6, 6.07) is -0.835. The molecule has 14 nitrogen and oxygen atoms in total. The molecule has 2 heterocycles. The SMILES string of the molecule is CC/C=C\C/C=C\C/C=C\C/C=C\CCCCCCCCCCCCC(=O)NC(COC1OC(CO)C(OC2OC(CO)C(O)C(O)C2O)C(O)C1O)C(O)CCCCCCCCCCCCCCCCCCCCCCCCCCCCCCCCCC. The first kappa shape index (κ1) is 83.0. The summed E-state index contributed by atoms with van der Waals surface area (Å²) in [4.78, 5) is 13.4. The summed E-state index contributed by atoms with van der Waals surface area (Å²) in [5, 5.41) is 87.7. The van der Waals surface area contributed by atoms with Crippen LogP contribution in [0.4, 0.5) is 0 Å². The number of amides is 1. The molecule has 0 aliphatic carbocycles. The Labute approximate surface area is 543 Å². The molecule has 0 saturated carbocycles. The smallest absolute Gasteiger partial charge is 0.220 e. The van der Waals surface area contributed by atoms with Crippen molar-refractivity contribution in [1.82, 2.24) is 5.32 Å². The van der Waals surface area contributed by atoms with Gasteiger partial charge in [0.15, 0.2) is 12.6 Å². The zero-order chi connectivity index (χ0) is 64.5. The average Bonchev–Trinajstić information content (AvgIpc) is 3.63. The summed E-state index contributed by atoms with van der Waals surface area (Å²) in [6.45, 7) is 2.79. The number of allylic oxidation sites excluding steroid dienone is 8. The van der Waals surface area contributed by atoms with Crippen molar-refractivity contribution < 1.29 is 64.6 Å². The van der Waals surface area contributed by atoms with Crippen LogP contribution >= 0.6 is 0 Å². The van der Waals surface area contributed by atoms with Crippen LogP contribution in [0.25, 0.3) is 0 Å². The molecular weight excluding hydrogens is 1120 g/mol. The van der Waals surface area contributed by atoms with Gasteiger partial charge in [-0.1, -0.05) is 319 Å². The zero-order valence-corrected chi connectivity index (χ0v) is 56.9. The van der Waals surface area contributed by atoms with E-state index < -0.39 is 86.8 Å². The molecule has 0 aromatic rings. The van der Waals surface area contributed by atoms with E-state index in [9.17, 15) is 45.6 Å². The molecule has 1 amide bonds. The molecule has 0 spiro atoms. The summed E-state index contributed by atoms with van der Waals surface area (Å²) in [5.74, 6) is -0.208. The fourth-order valence-corrected chi connectivity index (χ4v) is 12.4. The molecule has 2 aliphatic heterocycles. The molecule has 2 saturated heterocycles. The Kier molecular flexibility index (Phi) is 55.7. The lowest BCUT2D eigenvalue weighted by atomic mass is 9.97. The van der Waals surface area contributed by atoms with Crippen molar-refractivity contribution in [3.8, 4) is 0 Å². The summed E-state index contributed by atoms with van der Waals surface area (Å²) in [5.41, 5.74) is 0. The van der Waals surface area contributed by atoms with Gasteiger partial charge in [-0.3, -0.25) is 4.79 Å². The Morgan fingerprint density at radius 2 is 0.775 bits per heavy atom. The maximum Gasteiger partial charge on any atom is 0.220 e. The van der Waals surface area contributed by atoms with E-state index in [2.05, 4.69) is 67.8 Å². The Morgan fingerprint density at radius 1 is 0.416 bits per heavy atom. The Hall–Kier alpha value is -2.05. The quantitative estimate of drug-likeness (QED) is 0.0204. The van der Waals surface area contributed by atoms with Gasteiger partial charge in [-0.05, 0) is 51.4 Å². The molecule has 9 N–H and O–H groups in total. The van der Waals surface area contributed by atoms with Crippen molar-refractivity contribution in [2.45, 2.75) is 402 Å². The van der Waals surface area contributed by atoms with Crippen LogP contribution in [0.2, 0.25) is 0 Å². The molecule has 0 aromatic carbocycles. The summed E-state index contributed by atoms with van der Waals surface area (Å²) < 4.78 is 22.9. The van der Waals surface area contributed by atoms with Crippen molar-refractivity contribution in [2.75, 3.05) is 19.8 Å². The molecule has 0 aromatic heterocycles. The van der Waals surface area contributed by atoms with E-state index in [1.807, 2.05) is 0 Å². The highest BCUT2D eigenvalue weighted by atomic mass is 16.7. The second-order valence-electron chi connectivity index (χ2n) is 26.4. The zero-order valence-electron chi connectivity index (χ0n) is 56.9. The minimum atomic E-state index is -1.78. The highest BCUT2D eigenvalue weighted by Crippen LogP contribution is 2.30. The molecule has 522 valence electrons. The number of unbranched alkanes of at least 4 members (excludes halogenated alkanes) is 41.